The molecule has 2 aromatic rings. The van der Waals surface area contributed by atoms with Crippen LogP contribution in [0, 0.1) is 11.8 Å². The summed E-state index contributed by atoms with van der Waals surface area (Å²) in [5, 5.41) is 8.22. The molecule has 2 fully saturated rings. The van der Waals surface area contributed by atoms with E-state index in [1.165, 1.54) is 24.2 Å². The molecule has 1 aromatic heterocycles. The largest absolute Gasteiger partial charge is 0.339 e. The maximum atomic E-state index is 12.7. The summed E-state index contributed by atoms with van der Waals surface area (Å²) in [6, 6.07) is 7.83. The summed E-state index contributed by atoms with van der Waals surface area (Å²) in [5.41, 5.74) is 2.42. The molecule has 32 heavy (non-hydrogen) atoms. The highest BCUT2D eigenvalue weighted by molar-refractivity contribution is 7.14. The molecule has 3 amide bonds. The van der Waals surface area contributed by atoms with Crippen molar-refractivity contribution in [3.05, 3.63) is 29.6 Å². The maximum Gasteiger partial charge on any atom is 0.231 e. The monoisotopic (exact) mass is 454 g/mol. The highest BCUT2D eigenvalue weighted by Crippen LogP contribution is 2.31. The van der Waals surface area contributed by atoms with E-state index in [0.29, 0.717) is 30.1 Å². The van der Waals surface area contributed by atoms with Crippen LogP contribution in [0.25, 0.3) is 11.3 Å². The number of amides is 3. The van der Waals surface area contributed by atoms with Crippen molar-refractivity contribution in [2.24, 2.45) is 11.8 Å². The van der Waals surface area contributed by atoms with E-state index in [1.54, 1.807) is 0 Å². The zero-order chi connectivity index (χ0) is 22.7. The van der Waals surface area contributed by atoms with Gasteiger partial charge >= 0.3 is 0 Å². The smallest absolute Gasteiger partial charge is 0.231 e. The number of benzene rings is 1. The van der Waals surface area contributed by atoms with Gasteiger partial charge in [0, 0.05) is 42.1 Å². The average molecular weight is 455 g/mol. The Bertz CT molecular complexity index is 979. The van der Waals surface area contributed by atoms with Crippen LogP contribution >= 0.6 is 11.3 Å². The summed E-state index contributed by atoms with van der Waals surface area (Å²) in [7, 11) is 0. The van der Waals surface area contributed by atoms with Gasteiger partial charge in [0.25, 0.3) is 0 Å². The Hall–Kier alpha value is -2.74. The van der Waals surface area contributed by atoms with Gasteiger partial charge < -0.3 is 15.5 Å². The van der Waals surface area contributed by atoms with Gasteiger partial charge in [-0.15, -0.1) is 11.3 Å². The van der Waals surface area contributed by atoms with Gasteiger partial charge in [0.15, 0.2) is 5.13 Å². The zero-order valence-electron chi connectivity index (χ0n) is 18.6. The molecule has 7 nitrogen and oxygen atoms in total. The summed E-state index contributed by atoms with van der Waals surface area (Å²) in [6.07, 6.45) is 5.20. The number of nitrogens with one attached hydrogen (secondary N) is 2. The topological polar surface area (TPSA) is 91.4 Å². The van der Waals surface area contributed by atoms with Crippen LogP contribution in [-0.4, -0.2) is 40.2 Å². The second kappa shape index (κ2) is 9.81. The Balaban J connectivity index is 1.33. The molecule has 0 radical (unpaired) electrons. The number of hydrogen-bond acceptors (Lipinski definition) is 5. The predicted octanol–water partition coefficient (Wildman–Crippen LogP) is 4.52. The lowest BCUT2D eigenvalue weighted by molar-refractivity contribution is -0.130. The quantitative estimate of drug-likeness (QED) is 0.643. The van der Waals surface area contributed by atoms with Crippen molar-refractivity contribution in [1.29, 1.82) is 0 Å². The Morgan fingerprint density at radius 3 is 2.56 bits per heavy atom. The van der Waals surface area contributed by atoms with Crippen LogP contribution in [0.4, 0.5) is 10.8 Å². The molecular formula is C24H30N4O3S. The number of thiazole rings is 1. The summed E-state index contributed by atoms with van der Waals surface area (Å²) in [5.74, 6) is -0.0426. The first-order valence-corrected chi connectivity index (χ1v) is 12.2. The number of carbonyl (C=O) groups excluding carboxylic acids is 3. The third-order valence-corrected chi connectivity index (χ3v) is 6.84. The van der Waals surface area contributed by atoms with Gasteiger partial charge in [0.1, 0.15) is 0 Å². The summed E-state index contributed by atoms with van der Waals surface area (Å²) in [6.45, 7) is 4.53. The van der Waals surface area contributed by atoms with Crippen molar-refractivity contribution in [2.45, 2.75) is 58.4 Å². The van der Waals surface area contributed by atoms with Crippen LogP contribution in [0.3, 0.4) is 0 Å². The lowest BCUT2D eigenvalue weighted by Gasteiger charge is -2.23. The van der Waals surface area contributed by atoms with Gasteiger partial charge in [-0.2, -0.15) is 0 Å². The minimum absolute atomic E-state index is 0.00305. The summed E-state index contributed by atoms with van der Waals surface area (Å²) >= 11 is 1.37. The number of nitrogens with zero attached hydrogens (tertiary/aromatic N) is 2. The van der Waals surface area contributed by atoms with Crippen molar-refractivity contribution in [1.82, 2.24) is 9.88 Å². The van der Waals surface area contributed by atoms with E-state index in [4.69, 9.17) is 0 Å². The van der Waals surface area contributed by atoms with E-state index < -0.39 is 0 Å². The second-order valence-corrected chi connectivity index (χ2v) is 9.99. The first-order valence-electron chi connectivity index (χ1n) is 11.3. The Morgan fingerprint density at radius 1 is 1.16 bits per heavy atom. The molecule has 0 bridgehead atoms. The van der Waals surface area contributed by atoms with E-state index >= 15 is 0 Å². The van der Waals surface area contributed by atoms with Crippen LogP contribution in [0.1, 0.15) is 52.4 Å². The Morgan fingerprint density at radius 2 is 1.88 bits per heavy atom. The lowest BCUT2D eigenvalue weighted by Crippen LogP contribution is -2.35. The highest BCUT2D eigenvalue weighted by atomic mass is 32.1. The molecule has 1 aliphatic heterocycles. The zero-order valence-corrected chi connectivity index (χ0v) is 19.4. The number of rotatable bonds is 7. The fraction of sp³-hybridized carbons (Fsp3) is 0.500. The Kier molecular flexibility index (Phi) is 6.89. The van der Waals surface area contributed by atoms with Gasteiger partial charge in [-0.05, 0) is 30.9 Å². The van der Waals surface area contributed by atoms with Crippen LogP contribution < -0.4 is 10.6 Å². The minimum atomic E-state index is -0.316. The number of hydrogen-bond donors (Lipinski definition) is 2. The number of anilines is 2. The third kappa shape index (κ3) is 5.35. The summed E-state index contributed by atoms with van der Waals surface area (Å²) in [4.78, 5) is 43.5. The molecule has 1 aliphatic carbocycles. The van der Waals surface area contributed by atoms with Gasteiger partial charge in [0.05, 0.1) is 11.6 Å². The molecule has 0 spiro atoms. The van der Waals surface area contributed by atoms with Crippen molar-refractivity contribution in [3.8, 4) is 11.3 Å². The van der Waals surface area contributed by atoms with Crippen LogP contribution in [0.15, 0.2) is 29.6 Å². The van der Waals surface area contributed by atoms with Crippen molar-refractivity contribution in [2.75, 3.05) is 17.2 Å². The van der Waals surface area contributed by atoms with E-state index in [-0.39, 0.29) is 30.1 Å². The second-order valence-electron chi connectivity index (χ2n) is 9.14. The molecule has 1 saturated heterocycles. The summed E-state index contributed by atoms with van der Waals surface area (Å²) < 4.78 is 0. The molecule has 1 atom stereocenters. The molecule has 0 unspecified atom stereocenters. The third-order valence-electron chi connectivity index (χ3n) is 6.09. The molecular weight excluding hydrogens is 424 g/mol. The van der Waals surface area contributed by atoms with Gasteiger partial charge in [-0.1, -0.05) is 38.8 Å². The molecule has 170 valence electrons. The average Bonchev–Trinajstić information content (AvgIpc) is 3.48. The van der Waals surface area contributed by atoms with E-state index in [9.17, 15) is 14.4 Å². The molecule has 1 aromatic carbocycles. The fourth-order valence-electron chi connectivity index (χ4n) is 4.45. The van der Waals surface area contributed by atoms with Crippen LogP contribution in [-0.2, 0) is 14.4 Å². The predicted molar refractivity (Wildman–Crippen MR) is 126 cm³/mol. The highest BCUT2D eigenvalue weighted by Gasteiger charge is 2.38. The lowest BCUT2D eigenvalue weighted by atomic mass is 10.1. The normalized spacial score (nSPS) is 19.0. The van der Waals surface area contributed by atoms with Crippen molar-refractivity contribution >= 4 is 39.9 Å². The van der Waals surface area contributed by atoms with Crippen LogP contribution in [0.5, 0.6) is 0 Å². The molecule has 2 N–H and O–H groups in total. The van der Waals surface area contributed by atoms with Crippen LogP contribution in [0.2, 0.25) is 0 Å². The maximum absolute atomic E-state index is 12.7. The standard InChI is InChI=1S/C24H30N4O3S/c1-15(2)11-21(29)25-18-9-7-16(8-10-18)20-14-32-24(26-20)27-23(31)17-12-22(30)28(13-17)19-5-3-4-6-19/h7-10,14-15,17,19H,3-6,11-13H2,1-2H3,(H,25,29)(H,26,27,31)/t17-/m1/s1. The van der Waals surface area contributed by atoms with Crippen molar-refractivity contribution < 1.29 is 14.4 Å². The van der Waals surface area contributed by atoms with E-state index in [2.05, 4.69) is 15.6 Å². The molecule has 1 saturated carbocycles. The first-order chi connectivity index (χ1) is 15.4. The number of likely N-dealkylation sites (tertiary alicyclic amines) is 1. The van der Waals surface area contributed by atoms with Gasteiger partial charge in [0.2, 0.25) is 17.7 Å². The number of carbonyl (C=O) groups is 3. The van der Waals surface area contributed by atoms with Gasteiger partial charge in [-0.25, -0.2) is 4.98 Å². The molecule has 2 heterocycles. The minimum Gasteiger partial charge on any atom is -0.339 e. The number of aromatic nitrogens is 1. The SMILES string of the molecule is CC(C)CC(=O)Nc1ccc(-c2csc(NC(=O)[C@@H]3CC(=O)N(C4CCCC4)C3)n2)cc1. The van der Waals surface area contributed by atoms with Gasteiger partial charge in [-0.3, -0.25) is 14.4 Å². The molecule has 2 aliphatic rings. The first kappa shape index (κ1) is 22.5. The molecule has 4 rings (SSSR count). The Labute approximate surface area is 192 Å². The van der Waals surface area contributed by atoms with E-state index in [0.717, 1.165) is 29.8 Å². The fourth-order valence-corrected chi connectivity index (χ4v) is 5.18. The van der Waals surface area contributed by atoms with Crippen molar-refractivity contribution in [3.63, 3.8) is 0 Å². The molecule has 8 heteroatoms. The van der Waals surface area contributed by atoms with E-state index in [1.807, 2.05) is 48.4 Å².